The van der Waals surface area contributed by atoms with E-state index in [1.54, 1.807) is 0 Å². The molecule has 0 aliphatic carbocycles. The molecule has 1 aromatic heterocycles. The van der Waals surface area contributed by atoms with Crippen LogP contribution < -0.4 is 5.32 Å². The first-order valence-electron chi connectivity index (χ1n) is 6.70. The molecule has 0 radical (unpaired) electrons. The molecule has 0 saturated heterocycles. The van der Waals surface area contributed by atoms with Crippen LogP contribution in [0.5, 0.6) is 0 Å². The molecular formula is C16H21N3. The Balaban J connectivity index is 2.24. The normalized spacial score (nSPS) is 10.4. The fraction of sp³-hybridized carbons (Fsp3) is 0.312. The van der Waals surface area contributed by atoms with Gasteiger partial charge < -0.3 is 9.88 Å². The Labute approximate surface area is 115 Å². The molecule has 100 valence electrons. The van der Waals surface area contributed by atoms with E-state index in [0.717, 1.165) is 31.2 Å². The number of rotatable bonds is 6. The third kappa shape index (κ3) is 3.25. The number of nitrogens with zero attached hydrogens (tertiary/aromatic N) is 2. The van der Waals surface area contributed by atoms with Gasteiger partial charge in [-0.25, -0.2) is 4.98 Å². The zero-order valence-electron chi connectivity index (χ0n) is 11.7. The lowest BCUT2D eigenvalue weighted by Crippen LogP contribution is -2.08. The summed E-state index contributed by atoms with van der Waals surface area (Å²) in [7, 11) is 0. The first-order valence-corrected chi connectivity index (χ1v) is 6.70. The molecule has 0 aliphatic heterocycles. The van der Waals surface area contributed by atoms with Gasteiger partial charge in [0.05, 0.1) is 12.2 Å². The summed E-state index contributed by atoms with van der Waals surface area (Å²) in [6.07, 6.45) is 4.98. The van der Waals surface area contributed by atoms with Crippen LogP contribution in [0.4, 0.5) is 5.95 Å². The summed E-state index contributed by atoms with van der Waals surface area (Å²) in [4.78, 5) is 4.50. The Morgan fingerprint density at radius 2 is 2.05 bits per heavy atom. The van der Waals surface area contributed by atoms with Crippen LogP contribution in [0.15, 0.2) is 43.1 Å². The topological polar surface area (TPSA) is 29.9 Å². The quantitative estimate of drug-likeness (QED) is 0.802. The fourth-order valence-corrected chi connectivity index (χ4v) is 2.21. The molecule has 0 amide bonds. The molecule has 0 bridgehead atoms. The highest BCUT2D eigenvalue weighted by atomic mass is 15.2. The van der Waals surface area contributed by atoms with E-state index in [0.29, 0.717) is 0 Å². The summed E-state index contributed by atoms with van der Waals surface area (Å²) in [5.74, 6) is 0.906. The molecule has 3 nitrogen and oxygen atoms in total. The van der Waals surface area contributed by atoms with Crippen LogP contribution in [0.3, 0.4) is 0 Å². The Kier molecular flexibility index (Phi) is 4.39. The van der Waals surface area contributed by atoms with E-state index >= 15 is 0 Å². The van der Waals surface area contributed by atoms with Gasteiger partial charge in [0.1, 0.15) is 0 Å². The van der Waals surface area contributed by atoms with Crippen molar-refractivity contribution in [2.24, 2.45) is 0 Å². The van der Waals surface area contributed by atoms with Crippen LogP contribution in [0, 0.1) is 6.92 Å². The third-order valence-corrected chi connectivity index (χ3v) is 3.14. The minimum atomic E-state index is 0.728. The van der Waals surface area contributed by atoms with Gasteiger partial charge in [0.2, 0.25) is 5.95 Å². The van der Waals surface area contributed by atoms with Crippen molar-refractivity contribution < 1.29 is 0 Å². The Morgan fingerprint density at radius 1 is 1.32 bits per heavy atom. The lowest BCUT2D eigenvalue weighted by atomic mass is 10.1. The molecule has 0 atom stereocenters. The largest absolute Gasteiger partial charge is 0.352 e. The minimum absolute atomic E-state index is 0.728. The molecule has 1 aromatic carbocycles. The first-order chi connectivity index (χ1) is 9.24. The highest BCUT2D eigenvalue weighted by molar-refractivity contribution is 5.33. The van der Waals surface area contributed by atoms with Crippen molar-refractivity contribution in [3.8, 4) is 0 Å². The second kappa shape index (κ2) is 6.23. The van der Waals surface area contributed by atoms with Crippen LogP contribution in [0.1, 0.15) is 23.7 Å². The minimum Gasteiger partial charge on any atom is -0.352 e. The predicted molar refractivity (Wildman–Crippen MR) is 80.6 cm³/mol. The van der Waals surface area contributed by atoms with Crippen LogP contribution in [0.25, 0.3) is 0 Å². The predicted octanol–water partition coefficient (Wildman–Crippen LogP) is 3.40. The zero-order valence-corrected chi connectivity index (χ0v) is 11.7. The molecule has 19 heavy (non-hydrogen) atoms. The van der Waals surface area contributed by atoms with Crippen molar-refractivity contribution >= 4 is 5.95 Å². The van der Waals surface area contributed by atoms with Crippen molar-refractivity contribution in [2.75, 3.05) is 11.9 Å². The molecule has 0 saturated carbocycles. The Bertz CT molecular complexity index is 555. The van der Waals surface area contributed by atoms with Crippen molar-refractivity contribution in [1.82, 2.24) is 9.55 Å². The van der Waals surface area contributed by atoms with Gasteiger partial charge >= 0.3 is 0 Å². The zero-order chi connectivity index (χ0) is 13.7. The highest BCUT2D eigenvalue weighted by Crippen LogP contribution is 2.15. The molecule has 0 fully saturated rings. The van der Waals surface area contributed by atoms with E-state index in [2.05, 4.69) is 58.8 Å². The van der Waals surface area contributed by atoms with E-state index in [-0.39, 0.29) is 0 Å². The first kappa shape index (κ1) is 13.4. The van der Waals surface area contributed by atoms with Crippen molar-refractivity contribution in [3.63, 3.8) is 0 Å². The SMILES string of the molecule is C=CCNc1nc(C)cn1Cc1ccccc1CC. The average molecular weight is 255 g/mol. The van der Waals surface area contributed by atoms with Crippen molar-refractivity contribution in [1.29, 1.82) is 0 Å². The molecule has 3 heteroatoms. The van der Waals surface area contributed by atoms with Crippen molar-refractivity contribution in [3.05, 3.63) is 59.9 Å². The average Bonchev–Trinajstić information content (AvgIpc) is 2.77. The van der Waals surface area contributed by atoms with E-state index in [1.165, 1.54) is 11.1 Å². The number of aryl methyl sites for hydroxylation is 2. The maximum absolute atomic E-state index is 4.50. The molecule has 0 aliphatic rings. The molecule has 2 rings (SSSR count). The number of nitrogens with one attached hydrogen (secondary N) is 1. The maximum Gasteiger partial charge on any atom is 0.203 e. The second-order valence-corrected chi connectivity index (χ2v) is 4.63. The second-order valence-electron chi connectivity index (χ2n) is 4.63. The number of hydrogen-bond acceptors (Lipinski definition) is 2. The lowest BCUT2D eigenvalue weighted by molar-refractivity contribution is 0.791. The van der Waals surface area contributed by atoms with Gasteiger partial charge in [-0.1, -0.05) is 37.3 Å². The van der Waals surface area contributed by atoms with E-state index < -0.39 is 0 Å². The van der Waals surface area contributed by atoms with Gasteiger partial charge in [0.15, 0.2) is 0 Å². The summed E-state index contributed by atoms with van der Waals surface area (Å²) in [6, 6.07) is 8.56. The fourth-order valence-electron chi connectivity index (χ4n) is 2.21. The standard InChI is InChI=1S/C16H21N3/c1-4-10-17-16-18-13(3)11-19(16)12-15-9-7-6-8-14(15)5-2/h4,6-9,11H,1,5,10,12H2,2-3H3,(H,17,18). The van der Waals surface area contributed by atoms with Gasteiger partial charge in [-0.3, -0.25) is 0 Å². The van der Waals surface area contributed by atoms with Gasteiger partial charge in [-0.15, -0.1) is 6.58 Å². The lowest BCUT2D eigenvalue weighted by Gasteiger charge is -2.11. The molecule has 1 N–H and O–H groups in total. The summed E-state index contributed by atoms with van der Waals surface area (Å²) in [5, 5.41) is 3.28. The third-order valence-electron chi connectivity index (χ3n) is 3.14. The van der Waals surface area contributed by atoms with Gasteiger partial charge in [0.25, 0.3) is 0 Å². The Hall–Kier alpha value is -2.03. The molecule has 0 unspecified atom stereocenters. The number of hydrogen-bond donors (Lipinski definition) is 1. The van der Waals surface area contributed by atoms with Gasteiger partial charge in [0, 0.05) is 12.7 Å². The number of aromatic nitrogens is 2. The van der Waals surface area contributed by atoms with E-state index in [1.807, 2.05) is 13.0 Å². The smallest absolute Gasteiger partial charge is 0.203 e. The summed E-state index contributed by atoms with van der Waals surface area (Å²) in [5.41, 5.74) is 3.77. The monoisotopic (exact) mass is 255 g/mol. The van der Waals surface area contributed by atoms with E-state index in [4.69, 9.17) is 0 Å². The molecular weight excluding hydrogens is 234 g/mol. The summed E-state index contributed by atoms with van der Waals surface area (Å²) in [6.45, 7) is 9.51. The summed E-state index contributed by atoms with van der Waals surface area (Å²) >= 11 is 0. The van der Waals surface area contributed by atoms with Crippen LogP contribution in [-0.4, -0.2) is 16.1 Å². The summed E-state index contributed by atoms with van der Waals surface area (Å²) < 4.78 is 2.16. The highest BCUT2D eigenvalue weighted by Gasteiger charge is 2.07. The molecule has 1 heterocycles. The maximum atomic E-state index is 4.50. The molecule has 2 aromatic rings. The van der Waals surface area contributed by atoms with Crippen LogP contribution in [-0.2, 0) is 13.0 Å². The van der Waals surface area contributed by atoms with Crippen LogP contribution in [0.2, 0.25) is 0 Å². The van der Waals surface area contributed by atoms with Gasteiger partial charge in [-0.05, 0) is 24.5 Å². The van der Waals surface area contributed by atoms with Crippen LogP contribution >= 0.6 is 0 Å². The van der Waals surface area contributed by atoms with Gasteiger partial charge in [-0.2, -0.15) is 0 Å². The van der Waals surface area contributed by atoms with E-state index in [9.17, 15) is 0 Å². The van der Waals surface area contributed by atoms with Crippen molar-refractivity contribution in [2.45, 2.75) is 26.8 Å². The Morgan fingerprint density at radius 3 is 2.74 bits per heavy atom. The number of imidazole rings is 1. The number of benzene rings is 1. The number of anilines is 1. The molecule has 0 spiro atoms.